The number of halogens is 1. The van der Waals surface area contributed by atoms with Crippen LogP contribution in [0.2, 0.25) is 0 Å². The molecule has 1 saturated heterocycles. The summed E-state index contributed by atoms with van der Waals surface area (Å²) in [7, 11) is 1.67. The average molecular weight is 329 g/mol. The van der Waals surface area contributed by atoms with E-state index in [2.05, 4.69) is 5.32 Å². The zero-order valence-electron chi connectivity index (χ0n) is 12.9. The summed E-state index contributed by atoms with van der Waals surface area (Å²) in [6.45, 7) is 2.50. The van der Waals surface area contributed by atoms with Gasteiger partial charge in [0.05, 0.1) is 12.6 Å². The van der Waals surface area contributed by atoms with Crippen LogP contribution in [0.15, 0.2) is 24.3 Å². The molecule has 1 heterocycles. The van der Waals surface area contributed by atoms with Gasteiger partial charge in [-0.2, -0.15) is 0 Å². The molecule has 1 aromatic carbocycles. The van der Waals surface area contributed by atoms with Gasteiger partial charge in [0.1, 0.15) is 0 Å². The number of nitrogens with one attached hydrogen (secondary N) is 1. The number of nitrogens with two attached hydrogens (primary N) is 1. The van der Waals surface area contributed by atoms with Crippen molar-refractivity contribution in [1.29, 1.82) is 0 Å². The number of hydrogen-bond acceptors (Lipinski definition) is 4. The number of ether oxygens (including phenoxy) is 2. The molecule has 0 aliphatic carbocycles. The molecule has 1 aromatic rings. The van der Waals surface area contributed by atoms with Crippen LogP contribution < -0.4 is 11.1 Å². The van der Waals surface area contributed by atoms with E-state index in [9.17, 15) is 4.79 Å². The Bertz CT molecular complexity index is 447. The summed E-state index contributed by atoms with van der Waals surface area (Å²) in [4.78, 5) is 12.1. The minimum atomic E-state index is -0.443. The Hall–Kier alpha value is -1.14. The standard InChI is InChI=1S/C16H24N2O3.ClH/c1-20-11-13-4-2-12(3-5-13)10-18-16(19)15(17)14-6-8-21-9-7-14;/h2-5,14-15H,6-11,17H2,1H3,(H,18,19);1H. The minimum Gasteiger partial charge on any atom is -0.381 e. The van der Waals surface area contributed by atoms with Gasteiger partial charge < -0.3 is 20.5 Å². The van der Waals surface area contributed by atoms with Gasteiger partial charge in [-0.25, -0.2) is 0 Å². The Kier molecular flexibility index (Phi) is 8.42. The topological polar surface area (TPSA) is 73.6 Å². The van der Waals surface area contributed by atoms with Crippen LogP contribution in [0.5, 0.6) is 0 Å². The van der Waals surface area contributed by atoms with Gasteiger partial charge in [0, 0.05) is 26.9 Å². The summed E-state index contributed by atoms with van der Waals surface area (Å²) >= 11 is 0. The number of benzene rings is 1. The Morgan fingerprint density at radius 3 is 2.50 bits per heavy atom. The lowest BCUT2D eigenvalue weighted by Crippen LogP contribution is -2.46. The third-order valence-electron chi connectivity index (χ3n) is 3.88. The van der Waals surface area contributed by atoms with Gasteiger partial charge in [0.2, 0.25) is 5.91 Å². The number of carbonyl (C=O) groups excluding carboxylic acids is 1. The van der Waals surface area contributed by atoms with Gasteiger partial charge in [-0.3, -0.25) is 4.79 Å². The van der Waals surface area contributed by atoms with Crippen LogP contribution in [0, 0.1) is 5.92 Å². The molecule has 124 valence electrons. The van der Waals surface area contributed by atoms with E-state index in [0.29, 0.717) is 26.4 Å². The summed E-state index contributed by atoms with van der Waals surface area (Å²) in [5.74, 6) is 0.144. The molecule has 0 saturated carbocycles. The van der Waals surface area contributed by atoms with Crippen molar-refractivity contribution in [2.75, 3.05) is 20.3 Å². The minimum absolute atomic E-state index is 0. The molecule has 0 bridgehead atoms. The highest BCUT2D eigenvalue weighted by molar-refractivity contribution is 5.85. The molecule has 3 N–H and O–H groups in total. The van der Waals surface area contributed by atoms with Crippen LogP contribution in [-0.4, -0.2) is 32.3 Å². The predicted octanol–water partition coefficient (Wildman–Crippen LogP) is 1.62. The van der Waals surface area contributed by atoms with Gasteiger partial charge >= 0.3 is 0 Å². The van der Waals surface area contributed by atoms with Crippen molar-refractivity contribution in [3.05, 3.63) is 35.4 Å². The maximum atomic E-state index is 12.1. The van der Waals surface area contributed by atoms with Gasteiger partial charge in [-0.05, 0) is 29.9 Å². The van der Waals surface area contributed by atoms with Crippen LogP contribution in [0.25, 0.3) is 0 Å². The van der Waals surface area contributed by atoms with Crippen molar-refractivity contribution in [2.24, 2.45) is 11.7 Å². The van der Waals surface area contributed by atoms with E-state index < -0.39 is 6.04 Å². The third kappa shape index (κ3) is 5.57. The monoisotopic (exact) mass is 328 g/mol. The van der Waals surface area contributed by atoms with Gasteiger partial charge in [0.25, 0.3) is 0 Å². The average Bonchev–Trinajstić information content (AvgIpc) is 2.54. The van der Waals surface area contributed by atoms with Crippen LogP contribution in [0.3, 0.4) is 0 Å². The highest BCUT2D eigenvalue weighted by atomic mass is 35.5. The first-order valence-corrected chi connectivity index (χ1v) is 7.38. The van der Waals surface area contributed by atoms with Crippen LogP contribution in [-0.2, 0) is 27.4 Å². The maximum absolute atomic E-state index is 12.1. The molecule has 1 atom stereocenters. The second kappa shape index (κ2) is 9.79. The maximum Gasteiger partial charge on any atom is 0.237 e. The fourth-order valence-corrected chi connectivity index (χ4v) is 2.52. The number of carbonyl (C=O) groups is 1. The number of rotatable bonds is 6. The fourth-order valence-electron chi connectivity index (χ4n) is 2.52. The molecule has 22 heavy (non-hydrogen) atoms. The lowest BCUT2D eigenvalue weighted by atomic mass is 9.92. The Morgan fingerprint density at radius 1 is 1.32 bits per heavy atom. The number of hydrogen-bond donors (Lipinski definition) is 2. The van der Waals surface area contributed by atoms with Crippen LogP contribution in [0.4, 0.5) is 0 Å². The smallest absolute Gasteiger partial charge is 0.237 e. The van der Waals surface area contributed by atoms with Crippen molar-refractivity contribution in [1.82, 2.24) is 5.32 Å². The van der Waals surface area contributed by atoms with Crippen LogP contribution >= 0.6 is 12.4 Å². The SMILES string of the molecule is COCc1ccc(CNC(=O)C(N)C2CCOCC2)cc1.Cl. The van der Waals surface area contributed by atoms with Gasteiger partial charge in [-0.1, -0.05) is 24.3 Å². The molecule has 0 spiro atoms. The Balaban J connectivity index is 0.00000242. The zero-order valence-corrected chi connectivity index (χ0v) is 13.7. The van der Waals surface area contributed by atoms with Crippen molar-refractivity contribution >= 4 is 18.3 Å². The highest BCUT2D eigenvalue weighted by Crippen LogP contribution is 2.17. The van der Waals surface area contributed by atoms with Gasteiger partial charge in [-0.15, -0.1) is 12.4 Å². The van der Waals surface area contributed by atoms with Crippen molar-refractivity contribution in [2.45, 2.75) is 32.0 Å². The van der Waals surface area contributed by atoms with Gasteiger partial charge in [0.15, 0.2) is 0 Å². The molecular formula is C16H25ClN2O3. The largest absolute Gasteiger partial charge is 0.381 e. The van der Waals surface area contributed by atoms with E-state index in [-0.39, 0.29) is 24.2 Å². The summed E-state index contributed by atoms with van der Waals surface area (Å²) < 4.78 is 10.4. The lowest BCUT2D eigenvalue weighted by molar-refractivity contribution is -0.124. The molecule has 0 aromatic heterocycles. The Morgan fingerprint density at radius 2 is 1.91 bits per heavy atom. The first-order valence-electron chi connectivity index (χ1n) is 7.38. The van der Waals surface area contributed by atoms with E-state index in [4.69, 9.17) is 15.2 Å². The van der Waals surface area contributed by atoms with Crippen molar-refractivity contribution in [3.63, 3.8) is 0 Å². The molecule has 1 amide bonds. The molecule has 2 rings (SSSR count). The van der Waals surface area contributed by atoms with Crippen molar-refractivity contribution < 1.29 is 14.3 Å². The molecular weight excluding hydrogens is 304 g/mol. The third-order valence-corrected chi connectivity index (χ3v) is 3.88. The molecule has 0 radical (unpaired) electrons. The quantitative estimate of drug-likeness (QED) is 0.832. The normalized spacial score (nSPS) is 16.6. The summed E-state index contributed by atoms with van der Waals surface area (Å²) in [6, 6.07) is 7.55. The van der Waals surface area contributed by atoms with Crippen LogP contribution in [0.1, 0.15) is 24.0 Å². The first-order chi connectivity index (χ1) is 10.2. The summed E-state index contributed by atoms with van der Waals surface area (Å²) in [6.07, 6.45) is 1.72. The summed E-state index contributed by atoms with van der Waals surface area (Å²) in [5, 5.41) is 2.91. The zero-order chi connectivity index (χ0) is 15.1. The van der Waals surface area contributed by atoms with E-state index in [1.54, 1.807) is 7.11 Å². The fraction of sp³-hybridized carbons (Fsp3) is 0.562. The lowest BCUT2D eigenvalue weighted by Gasteiger charge is -2.26. The predicted molar refractivity (Wildman–Crippen MR) is 87.8 cm³/mol. The van der Waals surface area contributed by atoms with E-state index in [0.717, 1.165) is 24.0 Å². The first kappa shape index (κ1) is 18.9. The van der Waals surface area contributed by atoms with E-state index in [1.165, 1.54) is 0 Å². The molecule has 1 aliphatic rings. The number of amides is 1. The second-order valence-corrected chi connectivity index (χ2v) is 5.44. The molecule has 1 unspecified atom stereocenters. The van der Waals surface area contributed by atoms with E-state index in [1.807, 2.05) is 24.3 Å². The molecule has 1 aliphatic heterocycles. The molecule has 6 heteroatoms. The molecule has 5 nitrogen and oxygen atoms in total. The Labute approximate surface area is 138 Å². The number of methoxy groups -OCH3 is 1. The van der Waals surface area contributed by atoms with Crippen molar-refractivity contribution in [3.8, 4) is 0 Å². The summed E-state index contributed by atoms with van der Waals surface area (Å²) in [5.41, 5.74) is 8.21. The second-order valence-electron chi connectivity index (χ2n) is 5.44. The van der Waals surface area contributed by atoms with E-state index >= 15 is 0 Å². The molecule has 1 fully saturated rings. The highest BCUT2D eigenvalue weighted by Gasteiger charge is 2.26.